The van der Waals surface area contributed by atoms with E-state index in [1.165, 1.54) is 25.3 Å². The summed E-state index contributed by atoms with van der Waals surface area (Å²) in [6.45, 7) is 6.40. The van der Waals surface area contributed by atoms with Gasteiger partial charge in [0.25, 0.3) is 0 Å². The van der Waals surface area contributed by atoms with Gasteiger partial charge in [0.05, 0.1) is 0 Å². The van der Waals surface area contributed by atoms with Crippen LogP contribution in [-0.4, -0.2) is 17.5 Å². The van der Waals surface area contributed by atoms with Crippen molar-refractivity contribution in [1.82, 2.24) is 4.90 Å². The number of nitrogens with zero attached hydrogens (tertiary/aromatic N) is 1. The van der Waals surface area contributed by atoms with Gasteiger partial charge in [0.2, 0.25) is 0 Å². The zero-order valence-corrected chi connectivity index (χ0v) is 11.3. The molecule has 2 rings (SSSR count). The molecule has 1 fully saturated rings. The molecule has 1 aliphatic carbocycles. The van der Waals surface area contributed by atoms with E-state index in [2.05, 4.69) is 18.7 Å². The van der Waals surface area contributed by atoms with Gasteiger partial charge in [0.1, 0.15) is 5.82 Å². The Morgan fingerprint density at radius 3 is 2.61 bits per heavy atom. The second kappa shape index (κ2) is 5.70. The predicted octanol–water partition coefficient (Wildman–Crippen LogP) is 3.42. The first-order valence-electron chi connectivity index (χ1n) is 6.83. The van der Waals surface area contributed by atoms with Crippen molar-refractivity contribution >= 4 is 5.69 Å². The standard InChI is InChI=1S/C15H23FN2/c1-11(2)5-6-18(15-3-4-15)10-12-7-13(16)9-14(17)8-12/h7-9,11,15H,3-6,10,17H2,1-2H3. The van der Waals surface area contributed by atoms with Crippen LogP contribution in [0.2, 0.25) is 0 Å². The summed E-state index contributed by atoms with van der Waals surface area (Å²) in [4.78, 5) is 2.47. The van der Waals surface area contributed by atoms with Crippen LogP contribution in [0.3, 0.4) is 0 Å². The molecule has 0 aliphatic heterocycles. The number of nitrogen functional groups attached to an aromatic ring is 1. The van der Waals surface area contributed by atoms with Gasteiger partial charge in [-0.25, -0.2) is 4.39 Å². The molecule has 0 spiro atoms. The molecule has 3 heteroatoms. The fourth-order valence-electron chi connectivity index (χ4n) is 2.26. The number of hydrogen-bond acceptors (Lipinski definition) is 2. The van der Waals surface area contributed by atoms with Gasteiger partial charge in [-0.15, -0.1) is 0 Å². The summed E-state index contributed by atoms with van der Waals surface area (Å²) in [7, 11) is 0. The topological polar surface area (TPSA) is 29.3 Å². The molecule has 1 aromatic rings. The molecule has 0 amide bonds. The van der Waals surface area contributed by atoms with E-state index in [4.69, 9.17) is 5.73 Å². The summed E-state index contributed by atoms with van der Waals surface area (Å²) >= 11 is 0. The summed E-state index contributed by atoms with van der Waals surface area (Å²) in [5, 5.41) is 0. The van der Waals surface area contributed by atoms with Gasteiger partial charge in [0, 0.05) is 18.3 Å². The van der Waals surface area contributed by atoms with Crippen LogP contribution >= 0.6 is 0 Å². The van der Waals surface area contributed by atoms with Gasteiger partial charge in [0.15, 0.2) is 0 Å². The Balaban J connectivity index is 1.99. The monoisotopic (exact) mass is 250 g/mol. The van der Waals surface area contributed by atoms with Crippen molar-refractivity contribution < 1.29 is 4.39 Å². The third kappa shape index (κ3) is 3.98. The van der Waals surface area contributed by atoms with Gasteiger partial charge in [-0.1, -0.05) is 13.8 Å². The maximum absolute atomic E-state index is 13.3. The Labute approximate surface area is 109 Å². The zero-order chi connectivity index (χ0) is 13.1. The molecule has 0 unspecified atom stereocenters. The minimum Gasteiger partial charge on any atom is -0.399 e. The van der Waals surface area contributed by atoms with Crippen LogP contribution in [0.5, 0.6) is 0 Å². The second-order valence-electron chi connectivity index (χ2n) is 5.78. The van der Waals surface area contributed by atoms with Crippen molar-refractivity contribution in [3.8, 4) is 0 Å². The minimum absolute atomic E-state index is 0.232. The van der Waals surface area contributed by atoms with E-state index < -0.39 is 0 Å². The fraction of sp³-hybridized carbons (Fsp3) is 0.600. The lowest BCUT2D eigenvalue weighted by molar-refractivity contribution is 0.239. The lowest BCUT2D eigenvalue weighted by Gasteiger charge is -2.23. The molecule has 1 saturated carbocycles. The Morgan fingerprint density at radius 1 is 1.33 bits per heavy atom. The first-order valence-corrected chi connectivity index (χ1v) is 6.83. The fourth-order valence-corrected chi connectivity index (χ4v) is 2.26. The molecule has 1 aromatic carbocycles. The first kappa shape index (κ1) is 13.3. The average molecular weight is 250 g/mol. The van der Waals surface area contributed by atoms with E-state index in [-0.39, 0.29) is 5.82 Å². The largest absolute Gasteiger partial charge is 0.399 e. The Kier molecular flexibility index (Phi) is 4.23. The second-order valence-corrected chi connectivity index (χ2v) is 5.78. The normalized spacial score (nSPS) is 15.6. The highest BCUT2D eigenvalue weighted by Crippen LogP contribution is 2.29. The third-order valence-electron chi connectivity index (χ3n) is 3.42. The molecule has 0 heterocycles. The molecular weight excluding hydrogens is 227 g/mol. The van der Waals surface area contributed by atoms with Crippen molar-refractivity contribution in [2.24, 2.45) is 5.92 Å². The Bertz CT molecular complexity index is 379. The highest BCUT2D eigenvalue weighted by molar-refractivity contribution is 5.41. The highest BCUT2D eigenvalue weighted by Gasteiger charge is 2.28. The van der Waals surface area contributed by atoms with Gasteiger partial charge < -0.3 is 5.73 Å². The minimum atomic E-state index is -0.232. The van der Waals surface area contributed by atoms with Crippen LogP contribution < -0.4 is 5.73 Å². The number of halogens is 1. The predicted molar refractivity (Wildman–Crippen MR) is 73.7 cm³/mol. The summed E-state index contributed by atoms with van der Waals surface area (Å²) in [6.07, 6.45) is 3.76. The van der Waals surface area contributed by atoms with Gasteiger partial charge in [-0.2, -0.15) is 0 Å². The Morgan fingerprint density at radius 2 is 2.06 bits per heavy atom. The van der Waals surface area contributed by atoms with Crippen molar-refractivity contribution in [3.05, 3.63) is 29.6 Å². The lowest BCUT2D eigenvalue weighted by Crippen LogP contribution is -2.27. The number of benzene rings is 1. The quantitative estimate of drug-likeness (QED) is 0.784. The molecule has 18 heavy (non-hydrogen) atoms. The number of rotatable bonds is 6. The summed E-state index contributed by atoms with van der Waals surface area (Å²) in [6, 6.07) is 5.56. The molecule has 2 N–H and O–H groups in total. The average Bonchev–Trinajstić information content (AvgIpc) is 3.06. The SMILES string of the molecule is CC(C)CCN(Cc1cc(N)cc(F)c1)C1CC1. The summed E-state index contributed by atoms with van der Waals surface area (Å²) in [5.74, 6) is 0.480. The van der Waals surface area contributed by atoms with E-state index in [9.17, 15) is 4.39 Å². The van der Waals surface area contributed by atoms with E-state index >= 15 is 0 Å². The molecule has 1 aliphatic rings. The molecule has 0 saturated heterocycles. The van der Waals surface area contributed by atoms with Crippen molar-refractivity contribution in [3.63, 3.8) is 0 Å². The first-order chi connectivity index (χ1) is 8.54. The molecule has 0 radical (unpaired) electrons. The van der Waals surface area contributed by atoms with Crippen LogP contribution in [-0.2, 0) is 6.54 Å². The smallest absolute Gasteiger partial charge is 0.125 e. The summed E-state index contributed by atoms with van der Waals surface area (Å²) in [5.41, 5.74) is 7.20. The van der Waals surface area contributed by atoms with Crippen LogP contribution in [0, 0.1) is 11.7 Å². The maximum atomic E-state index is 13.3. The van der Waals surface area contributed by atoms with Crippen LogP contribution in [0.1, 0.15) is 38.7 Å². The Hall–Kier alpha value is -1.09. The van der Waals surface area contributed by atoms with Crippen LogP contribution in [0.25, 0.3) is 0 Å². The molecule has 100 valence electrons. The van der Waals surface area contributed by atoms with Crippen molar-refractivity contribution in [1.29, 1.82) is 0 Å². The summed E-state index contributed by atoms with van der Waals surface area (Å²) < 4.78 is 13.3. The maximum Gasteiger partial charge on any atom is 0.125 e. The number of anilines is 1. The molecular formula is C15H23FN2. The van der Waals surface area contributed by atoms with Crippen molar-refractivity contribution in [2.75, 3.05) is 12.3 Å². The van der Waals surface area contributed by atoms with Gasteiger partial charge >= 0.3 is 0 Å². The third-order valence-corrected chi connectivity index (χ3v) is 3.42. The number of nitrogens with two attached hydrogens (primary N) is 1. The molecule has 2 nitrogen and oxygen atoms in total. The molecule has 0 atom stereocenters. The number of hydrogen-bond donors (Lipinski definition) is 1. The molecule has 0 bridgehead atoms. The highest BCUT2D eigenvalue weighted by atomic mass is 19.1. The van der Waals surface area contributed by atoms with Crippen LogP contribution in [0.4, 0.5) is 10.1 Å². The molecule has 0 aromatic heterocycles. The van der Waals surface area contributed by atoms with E-state index in [1.54, 1.807) is 6.07 Å². The van der Waals surface area contributed by atoms with Crippen LogP contribution in [0.15, 0.2) is 18.2 Å². The van der Waals surface area contributed by atoms with Crippen molar-refractivity contribution in [2.45, 2.75) is 45.7 Å². The lowest BCUT2D eigenvalue weighted by atomic mass is 10.1. The van der Waals surface area contributed by atoms with E-state index in [0.717, 1.165) is 18.7 Å². The van der Waals surface area contributed by atoms with E-state index in [1.807, 2.05) is 6.07 Å². The van der Waals surface area contributed by atoms with Gasteiger partial charge in [-0.05, 0) is 55.5 Å². The van der Waals surface area contributed by atoms with E-state index in [0.29, 0.717) is 17.6 Å². The zero-order valence-electron chi connectivity index (χ0n) is 11.3. The van der Waals surface area contributed by atoms with Gasteiger partial charge in [-0.3, -0.25) is 4.90 Å².